The van der Waals surface area contributed by atoms with Crippen LogP contribution in [0, 0.1) is 11.3 Å². The first kappa shape index (κ1) is 11.6. The third kappa shape index (κ3) is 2.00. The SMILES string of the molecule is CC1=CCC(C/C=C2\CCCC2=O)C1(C)C. The first-order valence-corrected chi connectivity index (χ1v) is 6.41. The smallest absolute Gasteiger partial charge is 0.158 e. The van der Waals surface area contributed by atoms with E-state index in [1.54, 1.807) is 0 Å². The van der Waals surface area contributed by atoms with Crippen LogP contribution in [0.15, 0.2) is 23.3 Å². The first-order valence-electron chi connectivity index (χ1n) is 6.41. The van der Waals surface area contributed by atoms with Crippen LogP contribution in [0.25, 0.3) is 0 Å². The largest absolute Gasteiger partial charge is 0.295 e. The minimum absolute atomic E-state index is 0.318. The minimum atomic E-state index is 0.318. The van der Waals surface area contributed by atoms with Gasteiger partial charge in [-0.15, -0.1) is 0 Å². The Bertz CT molecular complexity index is 358. The Kier molecular flexibility index (Phi) is 3.05. The molecular formula is C15H22O. The molecular weight excluding hydrogens is 196 g/mol. The number of rotatable bonds is 2. The van der Waals surface area contributed by atoms with Gasteiger partial charge in [-0.3, -0.25) is 4.79 Å². The normalized spacial score (nSPS) is 31.2. The number of carbonyl (C=O) groups excluding carboxylic acids is 1. The average molecular weight is 218 g/mol. The highest BCUT2D eigenvalue weighted by Gasteiger charge is 2.34. The summed E-state index contributed by atoms with van der Waals surface area (Å²) < 4.78 is 0. The lowest BCUT2D eigenvalue weighted by atomic mass is 9.76. The summed E-state index contributed by atoms with van der Waals surface area (Å²) in [5, 5.41) is 0. The standard InChI is InChI=1S/C15H22O/c1-11-7-9-13(15(11,2)3)10-8-12-5-4-6-14(12)16/h7-8,13H,4-6,9-10H2,1-3H3/b12-8+. The van der Waals surface area contributed by atoms with Gasteiger partial charge in [0.1, 0.15) is 0 Å². The van der Waals surface area contributed by atoms with Gasteiger partial charge in [0.2, 0.25) is 0 Å². The summed E-state index contributed by atoms with van der Waals surface area (Å²) in [6, 6.07) is 0. The van der Waals surface area contributed by atoms with Crippen molar-refractivity contribution in [3.63, 3.8) is 0 Å². The van der Waals surface area contributed by atoms with E-state index in [0.717, 1.165) is 31.3 Å². The number of allylic oxidation sites excluding steroid dienone is 4. The molecule has 0 aromatic carbocycles. The molecule has 0 aromatic heterocycles. The Morgan fingerprint density at radius 2 is 2.19 bits per heavy atom. The highest BCUT2D eigenvalue weighted by molar-refractivity contribution is 5.97. The summed E-state index contributed by atoms with van der Waals surface area (Å²) in [4.78, 5) is 11.5. The Morgan fingerprint density at radius 1 is 1.44 bits per heavy atom. The van der Waals surface area contributed by atoms with Crippen LogP contribution in [0.3, 0.4) is 0 Å². The fourth-order valence-electron chi connectivity index (χ4n) is 2.83. The van der Waals surface area contributed by atoms with Crippen molar-refractivity contribution in [2.75, 3.05) is 0 Å². The van der Waals surface area contributed by atoms with Gasteiger partial charge in [-0.05, 0) is 49.5 Å². The molecule has 1 nitrogen and oxygen atoms in total. The molecule has 2 aliphatic carbocycles. The zero-order chi connectivity index (χ0) is 11.8. The fourth-order valence-corrected chi connectivity index (χ4v) is 2.83. The van der Waals surface area contributed by atoms with Crippen molar-refractivity contribution in [3.8, 4) is 0 Å². The molecule has 1 heteroatoms. The maximum absolute atomic E-state index is 11.5. The monoisotopic (exact) mass is 218 g/mol. The molecule has 0 aliphatic heterocycles. The summed E-state index contributed by atoms with van der Waals surface area (Å²) in [7, 11) is 0. The Morgan fingerprint density at radius 3 is 2.69 bits per heavy atom. The quantitative estimate of drug-likeness (QED) is 0.505. The molecule has 0 aromatic rings. The molecule has 0 heterocycles. The van der Waals surface area contributed by atoms with Gasteiger partial charge < -0.3 is 0 Å². The molecule has 1 fully saturated rings. The van der Waals surface area contributed by atoms with Crippen molar-refractivity contribution in [1.29, 1.82) is 0 Å². The van der Waals surface area contributed by atoms with E-state index in [-0.39, 0.29) is 0 Å². The van der Waals surface area contributed by atoms with Gasteiger partial charge in [-0.25, -0.2) is 0 Å². The number of hydrogen-bond acceptors (Lipinski definition) is 1. The predicted molar refractivity (Wildman–Crippen MR) is 67.2 cm³/mol. The van der Waals surface area contributed by atoms with Gasteiger partial charge in [0, 0.05) is 6.42 Å². The second kappa shape index (κ2) is 4.20. The second-order valence-electron chi connectivity index (χ2n) is 5.78. The van der Waals surface area contributed by atoms with Crippen LogP contribution in [0.2, 0.25) is 0 Å². The van der Waals surface area contributed by atoms with Crippen molar-refractivity contribution in [3.05, 3.63) is 23.3 Å². The Hall–Kier alpha value is -0.850. The van der Waals surface area contributed by atoms with Crippen LogP contribution in [-0.2, 0) is 4.79 Å². The van der Waals surface area contributed by atoms with E-state index in [0.29, 0.717) is 17.1 Å². The number of ketones is 1. The van der Waals surface area contributed by atoms with Crippen LogP contribution in [0.5, 0.6) is 0 Å². The van der Waals surface area contributed by atoms with Gasteiger partial charge in [0.15, 0.2) is 5.78 Å². The fraction of sp³-hybridized carbons (Fsp3) is 0.667. The zero-order valence-electron chi connectivity index (χ0n) is 10.7. The molecule has 0 amide bonds. The summed E-state index contributed by atoms with van der Waals surface area (Å²) in [5.41, 5.74) is 2.92. The predicted octanol–water partition coefficient (Wildman–Crippen LogP) is 4.05. The highest BCUT2D eigenvalue weighted by Crippen LogP contribution is 2.45. The van der Waals surface area contributed by atoms with Crippen molar-refractivity contribution in [1.82, 2.24) is 0 Å². The Balaban J connectivity index is 2.00. The lowest BCUT2D eigenvalue weighted by Crippen LogP contribution is -2.19. The van der Waals surface area contributed by atoms with Crippen LogP contribution in [0.4, 0.5) is 0 Å². The molecule has 0 radical (unpaired) electrons. The van der Waals surface area contributed by atoms with Gasteiger partial charge in [-0.2, -0.15) is 0 Å². The van der Waals surface area contributed by atoms with E-state index in [4.69, 9.17) is 0 Å². The van der Waals surface area contributed by atoms with Crippen LogP contribution in [-0.4, -0.2) is 5.78 Å². The van der Waals surface area contributed by atoms with E-state index < -0.39 is 0 Å². The van der Waals surface area contributed by atoms with Gasteiger partial charge in [-0.1, -0.05) is 31.6 Å². The third-order valence-electron chi connectivity index (χ3n) is 4.60. The van der Waals surface area contributed by atoms with E-state index in [1.165, 1.54) is 12.0 Å². The van der Waals surface area contributed by atoms with Crippen molar-refractivity contribution >= 4 is 5.78 Å². The lowest BCUT2D eigenvalue weighted by Gasteiger charge is -2.29. The first-order chi connectivity index (χ1) is 7.51. The molecule has 0 saturated heterocycles. The molecule has 0 N–H and O–H groups in total. The molecule has 16 heavy (non-hydrogen) atoms. The average Bonchev–Trinajstić information content (AvgIpc) is 2.72. The summed E-state index contributed by atoms with van der Waals surface area (Å²) in [6.07, 6.45) is 9.68. The molecule has 0 spiro atoms. The van der Waals surface area contributed by atoms with Crippen molar-refractivity contribution < 1.29 is 4.79 Å². The van der Waals surface area contributed by atoms with Gasteiger partial charge in [0.05, 0.1) is 0 Å². The number of Topliss-reactive ketones (excluding diaryl/α,β-unsaturated/α-hetero) is 1. The van der Waals surface area contributed by atoms with E-state index in [2.05, 4.69) is 32.9 Å². The van der Waals surface area contributed by atoms with Crippen LogP contribution in [0.1, 0.15) is 52.9 Å². The molecule has 1 unspecified atom stereocenters. The molecule has 2 rings (SSSR count). The molecule has 88 valence electrons. The third-order valence-corrected chi connectivity index (χ3v) is 4.60. The zero-order valence-corrected chi connectivity index (χ0v) is 10.7. The van der Waals surface area contributed by atoms with E-state index in [1.807, 2.05) is 0 Å². The van der Waals surface area contributed by atoms with Gasteiger partial charge >= 0.3 is 0 Å². The van der Waals surface area contributed by atoms with Crippen LogP contribution >= 0.6 is 0 Å². The van der Waals surface area contributed by atoms with E-state index >= 15 is 0 Å². The number of hydrogen-bond donors (Lipinski definition) is 0. The summed E-state index contributed by atoms with van der Waals surface area (Å²) in [6.45, 7) is 6.88. The summed E-state index contributed by atoms with van der Waals surface area (Å²) >= 11 is 0. The molecule has 1 atom stereocenters. The van der Waals surface area contributed by atoms with Crippen molar-refractivity contribution in [2.24, 2.45) is 11.3 Å². The maximum atomic E-state index is 11.5. The molecule has 0 bridgehead atoms. The highest BCUT2D eigenvalue weighted by atomic mass is 16.1. The van der Waals surface area contributed by atoms with Crippen molar-refractivity contribution in [2.45, 2.75) is 52.9 Å². The molecule has 1 saturated carbocycles. The minimum Gasteiger partial charge on any atom is -0.295 e. The molecule has 2 aliphatic rings. The second-order valence-corrected chi connectivity index (χ2v) is 5.78. The van der Waals surface area contributed by atoms with Crippen LogP contribution < -0.4 is 0 Å². The number of carbonyl (C=O) groups is 1. The topological polar surface area (TPSA) is 17.1 Å². The Labute approximate surface area is 98.6 Å². The van der Waals surface area contributed by atoms with E-state index in [9.17, 15) is 4.79 Å². The lowest BCUT2D eigenvalue weighted by molar-refractivity contribution is -0.114. The van der Waals surface area contributed by atoms with Gasteiger partial charge in [0.25, 0.3) is 0 Å². The summed E-state index contributed by atoms with van der Waals surface area (Å²) in [5.74, 6) is 1.08. The maximum Gasteiger partial charge on any atom is 0.158 e.